The molecule has 2 amide bonds. The van der Waals surface area contributed by atoms with Crippen molar-refractivity contribution in [3.63, 3.8) is 0 Å². The second-order valence-corrected chi connectivity index (χ2v) is 7.21. The lowest BCUT2D eigenvalue weighted by Crippen LogP contribution is -2.49. The Morgan fingerprint density at radius 1 is 0.966 bits per heavy atom. The molecular weight excluding hydrogens is 378 g/mol. The fourth-order valence-electron chi connectivity index (χ4n) is 2.75. The molecule has 3 atom stereocenters. The van der Waals surface area contributed by atoms with Crippen LogP contribution < -0.4 is 16.4 Å². The molecular formula is C20H37N3O6. The Hall–Kier alpha value is -2.16. The highest BCUT2D eigenvalue weighted by molar-refractivity contribution is 5.88. The van der Waals surface area contributed by atoms with E-state index >= 15 is 0 Å². The average Bonchev–Trinajstić information content (AvgIpc) is 2.65. The number of aliphatic carboxylic acids is 1. The van der Waals surface area contributed by atoms with Gasteiger partial charge >= 0.3 is 11.9 Å². The number of carbonyl (C=O) groups is 4. The molecule has 0 saturated heterocycles. The van der Waals surface area contributed by atoms with Crippen LogP contribution in [0.3, 0.4) is 0 Å². The molecule has 0 radical (unpaired) electrons. The van der Waals surface area contributed by atoms with Gasteiger partial charge in [0.1, 0.15) is 12.1 Å². The summed E-state index contributed by atoms with van der Waals surface area (Å²) >= 11 is 0. The van der Waals surface area contributed by atoms with Crippen LogP contribution in [0.1, 0.15) is 78.6 Å². The molecule has 29 heavy (non-hydrogen) atoms. The summed E-state index contributed by atoms with van der Waals surface area (Å²) < 4.78 is 4.88. The molecule has 0 aliphatic carbocycles. The Kier molecular flexibility index (Phi) is 14.6. The number of esters is 1. The molecule has 0 heterocycles. The van der Waals surface area contributed by atoms with Crippen LogP contribution in [0.4, 0.5) is 0 Å². The minimum absolute atomic E-state index is 0.0221. The van der Waals surface area contributed by atoms with Gasteiger partial charge in [-0.3, -0.25) is 19.2 Å². The van der Waals surface area contributed by atoms with Gasteiger partial charge in [-0.15, -0.1) is 0 Å². The first-order valence-electron chi connectivity index (χ1n) is 10.4. The van der Waals surface area contributed by atoms with Crippen LogP contribution in [-0.4, -0.2) is 53.6 Å². The molecule has 9 heteroatoms. The van der Waals surface area contributed by atoms with Crippen molar-refractivity contribution in [1.29, 1.82) is 0 Å². The number of nitrogens with two attached hydrogens (primary N) is 1. The summed E-state index contributed by atoms with van der Waals surface area (Å²) in [5.41, 5.74) is 5.41. The van der Waals surface area contributed by atoms with E-state index < -0.39 is 24.0 Å². The van der Waals surface area contributed by atoms with E-state index in [1.54, 1.807) is 6.92 Å². The van der Waals surface area contributed by atoms with E-state index in [-0.39, 0.29) is 43.6 Å². The van der Waals surface area contributed by atoms with Crippen LogP contribution in [-0.2, 0) is 23.9 Å². The predicted octanol–water partition coefficient (Wildman–Crippen LogP) is 1.48. The molecule has 0 aromatic heterocycles. The van der Waals surface area contributed by atoms with Gasteiger partial charge in [0, 0.05) is 18.9 Å². The minimum Gasteiger partial charge on any atom is -0.480 e. The van der Waals surface area contributed by atoms with Crippen molar-refractivity contribution in [2.24, 2.45) is 5.73 Å². The number of carboxylic acid groups (broad SMARTS) is 1. The van der Waals surface area contributed by atoms with E-state index in [1.165, 1.54) is 0 Å². The number of amides is 2. The predicted molar refractivity (Wildman–Crippen MR) is 109 cm³/mol. The Labute approximate surface area is 173 Å². The molecule has 0 rings (SSSR count). The number of ether oxygens (including phenoxy) is 1. The third-order valence-corrected chi connectivity index (χ3v) is 4.46. The normalized spacial score (nSPS) is 13.8. The maximum absolute atomic E-state index is 12.6. The van der Waals surface area contributed by atoms with Crippen molar-refractivity contribution in [1.82, 2.24) is 10.6 Å². The number of nitrogens with one attached hydrogen (secondary N) is 2. The van der Waals surface area contributed by atoms with Gasteiger partial charge in [0.15, 0.2) is 0 Å². The summed E-state index contributed by atoms with van der Waals surface area (Å²) in [6, 6.07) is -1.96. The van der Waals surface area contributed by atoms with Gasteiger partial charge in [-0.2, -0.15) is 0 Å². The first kappa shape index (κ1) is 26.8. The minimum atomic E-state index is -1.18. The van der Waals surface area contributed by atoms with Gasteiger partial charge in [0.05, 0.1) is 6.61 Å². The molecule has 1 unspecified atom stereocenters. The first-order chi connectivity index (χ1) is 13.7. The summed E-state index contributed by atoms with van der Waals surface area (Å²) in [4.78, 5) is 47.0. The summed E-state index contributed by atoms with van der Waals surface area (Å²) in [6.45, 7) is 6.03. The number of unbranched alkanes of at least 4 members (excludes halogenated alkanes) is 2. The molecule has 0 aromatic carbocycles. The molecule has 9 nitrogen and oxygen atoms in total. The highest BCUT2D eigenvalue weighted by Crippen LogP contribution is 2.07. The lowest BCUT2D eigenvalue weighted by Gasteiger charge is -2.21. The number of hydrogen-bond donors (Lipinski definition) is 4. The highest BCUT2D eigenvalue weighted by atomic mass is 16.5. The van der Waals surface area contributed by atoms with E-state index in [4.69, 9.17) is 15.6 Å². The lowest BCUT2D eigenvalue weighted by molar-refractivity contribution is -0.143. The van der Waals surface area contributed by atoms with Crippen LogP contribution in [0.5, 0.6) is 0 Å². The largest absolute Gasteiger partial charge is 0.480 e. The van der Waals surface area contributed by atoms with Crippen molar-refractivity contribution in [2.45, 2.75) is 96.7 Å². The van der Waals surface area contributed by atoms with E-state index in [2.05, 4.69) is 17.6 Å². The third-order valence-electron chi connectivity index (χ3n) is 4.46. The fourth-order valence-corrected chi connectivity index (χ4v) is 2.75. The molecule has 0 bridgehead atoms. The maximum atomic E-state index is 12.6. The molecule has 5 N–H and O–H groups in total. The van der Waals surface area contributed by atoms with Gasteiger partial charge in [-0.05, 0) is 39.5 Å². The van der Waals surface area contributed by atoms with Crippen molar-refractivity contribution >= 4 is 23.8 Å². The van der Waals surface area contributed by atoms with Gasteiger partial charge in [-0.25, -0.2) is 0 Å². The number of carboxylic acids is 1. The SMILES string of the molecule is CCCCCC(C)NC(=O)[C@@H](CCCC(=O)OCC)NC(=O)CC[C@H](N)C(=O)O. The second-order valence-electron chi connectivity index (χ2n) is 7.21. The summed E-state index contributed by atoms with van der Waals surface area (Å²) in [6.07, 6.45) is 4.73. The van der Waals surface area contributed by atoms with E-state index in [9.17, 15) is 19.2 Å². The summed E-state index contributed by atoms with van der Waals surface area (Å²) in [7, 11) is 0. The molecule has 0 fully saturated rings. The number of carbonyl (C=O) groups excluding carboxylic acids is 3. The summed E-state index contributed by atoms with van der Waals surface area (Å²) in [5.74, 6) is -2.29. The Bertz CT molecular complexity index is 526. The van der Waals surface area contributed by atoms with E-state index in [1.807, 2.05) is 6.92 Å². The van der Waals surface area contributed by atoms with Crippen LogP contribution in [0, 0.1) is 0 Å². The monoisotopic (exact) mass is 415 g/mol. The van der Waals surface area contributed by atoms with Crippen molar-refractivity contribution in [3.8, 4) is 0 Å². The molecule has 0 saturated carbocycles. The molecule has 168 valence electrons. The standard InChI is InChI=1S/C20H37N3O6/c1-4-6-7-9-14(3)22-19(26)16(10-8-11-18(25)29-5-2)23-17(24)13-12-15(21)20(27)28/h14-16H,4-13,21H2,1-3H3,(H,22,26)(H,23,24)(H,27,28)/t14?,15-,16+/m0/s1. The smallest absolute Gasteiger partial charge is 0.320 e. The molecule has 0 aromatic rings. The number of hydrogen-bond acceptors (Lipinski definition) is 6. The van der Waals surface area contributed by atoms with Crippen molar-refractivity contribution in [3.05, 3.63) is 0 Å². The Balaban J connectivity index is 4.72. The van der Waals surface area contributed by atoms with Crippen molar-refractivity contribution in [2.75, 3.05) is 6.61 Å². The average molecular weight is 416 g/mol. The zero-order chi connectivity index (χ0) is 22.2. The topological polar surface area (TPSA) is 148 Å². The number of rotatable bonds is 16. The van der Waals surface area contributed by atoms with Gasteiger partial charge in [-0.1, -0.05) is 26.2 Å². The van der Waals surface area contributed by atoms with Crippen LogP contribution in [0.15, 0.2) is 0 Å². The quantitative estimate of drug-likeness (QED) is 0.220. The Morgan fingerprint density at radius 2 is 1.66 bits per heavy atom. The molecule has 0 aliphatic heterocycles. The molecule has 0 aliphatic rings. The highest BCUT2D eigenvalue weighted by Gasteiger charge is 2.23. The maximum Gasteiger partial charge on any atom is 0.320 e. The van der Waals surface area contributed by atoms with E-state index in [0.29, 0.717) is 13.0 Å². The van der Waals surface area contributed by atoms with Crippen LogP contribution in [0.25, 0.3) is 0 Å². The second kappa shape index (κ2) is 15.7. The Morgan fingerprint density at radius 3 is 2.24 bits per heavy atom. The van der Waals surface area contributed by atoms with E-state index in [0.717, 1.165) is 25.7 Å². The molecule has 0 spiro atoms. The zero-order valence-electron chi connectivity index (χ0n) is 17.9. The van der Waals surface area contributed by atoms with Crippen LogP contribution >= 0.6 is 0 Å². The lowest BCUT2D eigenvalue weighted by atomic mass is 10.1. The van der Waals surface area contributed by atoms with Crippen LogP contribution in [0.2, 0.25) is 0 Å². The van der Waals surface area contributed by atoms with Gasteiger partial charge in [0.2, 0.25) is 11.8 Å². The van der Waals surface area contributed by atoms with Gasteiger partial charge < -0.3 is 26.2 Å². The zero-order valence-corrected chi connectivity index (χ0v) is 17.9. The first-order valence-corrected chi connectivity index (χ1v) is 10.4. The van der Waals surface area contributed by atoms with Gasteiger partial charge in [0.25, 0.3) is 0 Å². The summed E-state index contributed by atoms with van der Waals surface area (Å²) in [5, 5.41) is 14.3. The fraction of sp³-hybridized carbons (Fsp3) is 0.800. The third kappa shape index (κ3) is 13.6. The van der Waals surface area contributed by atoms with Crippen molar-refractivity contribution < 1.29 is 29.0 Å².